The fraction of sp³-hybridized carbons (Fsp3) is 0.500. The molecule has 0 aliphatic heterocycles. The molecule has 1 amide bonds. The van der Waals surface area contributed by atoms with Gasteiger partial charge in [-0.1, -0.05) is 27.2 Å². The molecule has 0 aliphatic carbocycles. The quantitative estimate of drug-likeness (QED) is 0.584. The van der Waals surface area contributed by atoms with Gasteiger partial charge in [0.05, 0.1) is 12.8 Å². The molecule has 0 unspecified atom stereocenters. The van der Waals surface area contributed by atoms with Gasteiger partial charge in [-0.25, -0.2) is 5.43 Å². The molecule has 4 nitrogen and oxygen atoms in total. The number of carbonyl (C=O) groups excluding carboxylic acids is 1. The zero-order valence-electron chi connectivity index (χ0n) is 12.6. The second kappa shape index (κ2) is 9.13. The van der Waals surface area contributed by atoms with Crippen molar-refractivity contribution < 1.29 is 9.53 Å². The number of benzene rings is 1. The third-order valence-electron chi connectivity index (χ3n) is 2.62. The molecular formula is C16H24N2O2. The van der Waals surface area contributed by atoms with Gasteiger partial charge in [0.2, 0.25) is 5.91 Å². The van der Waals surface area contributed by atoms with E-state index in [-0.39, 0.29) is 5.91 Å². The van der Waals surface area contributed by atoms with Gasteiger partial charge in [0.15, 0.2) is 0 Å². The van der Waals surface area contributed by atoms with Crippen molar-refractivity contribution in [3.05, 3.63) is 29.8 Å². The van der Waals surface area contributed by atoms with Crippen LogP contribution in [-0.4, -0.2) is 18.7 Å². The van der Waals surface area contributed by atoms with Gasteiger partial charge in [-0.3, -0.25) is 4.79 Å². The van der Waals surface area contributed by atoms with E-state index in [4.69, 9.17) is 4.74 Å². The van der Waals surface area contributed by atoms with E-state index in [0.29, 0.717) is 18.9 Å². The lowest BCUT2D eigenvalue weighted by atomic mass is 10.2. The summed E-state index contributed by atoms with van der Waals surface area (Å²) in [5.74, 6) is 1.32. The summed E-state index contributed by atoms with van der Waals surface area (Å²) in [6.07, 6.45) is 4.06. The molecule has 0 aromatic heterocycles. The molecule has 0 fully saturated rings. The average molecular weight is 276 g/mol. The molecule has 1 aromatic carbocycles. The van der Waals surface area contributed by atoms with Crippen LogP contribution in [0.5, 0.6) is 5.75 Å². The largest absolute Gasteiger partial charge is 0.493 e. The third kappa shape index (κ3) is 6.92. The molecule has 0 spiro atoms. The summed E-state index contributed by atoms with van der Waals surface area (Å²) >= 11 is 0. The highest BCUT2D eigenvalue weighted by atomic mass is 16.5. The van der Waals surface area contributed by atoms with Crippen molar-refractivity contribution in [2.75, 3.05) is 6.61 Å². The Morgan fingerprint density at radius 3 is 2.65 bits per heavy atom. The van der Waals surface area contributed by atoms with E-state index in [0.717, 1.165) is 24.2 Å². The predicted molar refractivity (Wildman–Crippen MR) is 82.0 cm³/mol. The number of amides is 1. The Kier molecular flexibility index (Phi) is 7.40. The van der Waals surface area contributed by atoms with Crippen molar-refractivity contribution in [2.45, 2.75) is 40.0 Å². The fourth-order valence-electron chi connectivity index (χ4n) is 1.49. The lowest BCUT2D eigenvalue weighted by Crippen LogP contribution is -2.16. The van der Waals surface area contributed by atoms with E-state index in [9.17, 15) is 4.79 Å². The summed E-state index contributed by atoms with van der Waals surface area (Å²) in [6, 6.07) is 7.64. The van der Waals surface area contributed by atoms with Crippen molar-refractivity contribution >= 4 is 12.1 Å². The van der Waals surface area contributed by atoms with Gasteiger partial charge < -0.3 is 4.74 Å². The normalized spacial score (nSPS) is 11.0. The van der Waals surface area contributed by atoms with Gasteiger partial charge in [-0.15, -0.1) is 0 Å². The van der Waals surface area contributed by atoms with Crippen LogP contribution >= 0.6 is 0 Å². The first kappa shape index (κ1) is 16.2. The number of nitrogens with zero attached hydrogens (tertiary/aromatic N) is 1. The lowest BCUT2D eigenvalue weighted by Gasteiger charge is -2.08. The first-order chi connectivity index (χ1) is 9.61. The van der Waals surface area contributed by atoms with Crippen molar-refractivity contribution in [3.63, 3.8) is 0 Å². The second-order valence-corrected chi connectivity index (χ2v) is 5.17. The third-order valence-corrected chi connectivity index (χ3v) is 2.62. The zero-order chi connectivity index (χ0) is 14.8. The van der Waals surface area contributed by atoms with E-state index in [1.807, 2.05) is 24.3 Å². The summed E-state index contributed by atoms with van der Waals surface area (Å²) in [7, 11) is 0. The Morgan fingerprint density at radius 1 is 1.35 bits per heavy atom. The Bertz CT molecular complexity index is 425. The maximum Gasteiger partial charge on any atom is 0.240 e. The van der Waals surface area contributed by atoms with Gasteiger partial charge in [0.1, 0.15) is 5.75 Å². The van der Waals surface area contributed by atoms with Crippen LogP contribution < -0.4 is 10.2 Å². The van der Waals surface area contributed by atoms with Gasteiger partial charge in [-0.05, 0) is 42.2 Å². The maximum absolute atomic E-state index is 11.4. The van der Waals surface area contributed by atoms with Crippen LogP contribution in [0, 0.1) is 5.92 Å². The topological polar surface area (TPSA) is 50.7 Å². The Hall–Kier alpha value is -1.84. The van der Waals surface area contributed by atoms with E-state index in [1.165, 1.54) is 0 Å². The number of unbranched alkanes of at least 4 members (excludes halogenated alkanes) is 1. The number of rotatable bonds is 8. The van der Waals surface area contributed by atoms with E-state index >= 15 is 0 Å². The van der Waals surface area contributed by atoms with E-state index in [1.54, 1.807) is 6.21 Å². The number of nitrogens with one attached hydrogen (secondary N) is 1. The number of hydrogen-bond donors (Lipinski definition) is 1. The molecule has 1 aromatic rings. The number of hydrazone groups is 1. The zero-order valence-corrected chi connectivity index (χ0v) is 12.6. The molecule has 20 heavy (non-hydrogen) atoms. The predicted octanol–water partition coefficient (Wildman–Crippen LogP) is 3.36. The molecule has 0 saturated carbocycles. The smallest absolute Gasteiger partial charge is 0.240 e. The van der Waals surface area contributed by atoms with Crippen LogP contribution in [0.25, 0.3) is 0 Å². The van der Waals surface area contributed by atoms with Gasteiger partial charge in [0.25, 0.3) is 0 Å². The molecule has 0 radical (unpaired) electrons. The molecule has 0 saturated heterocycles. The standard InChI is InChI=1S/C16H24N2O2/c1-4-5-6-16(19)18-17-11-14-7-9-15(10-8-14)20-12-13(2)3/h7-11,13H,4-6,12H2,1-3H3,(H,18,19)/b17-11+. The summed E-state index contributed by atoms with van der Waals surface area (Å²) in [5, 5.41) is 3.93. The molecule has 110 valence electrons. The van der Waals surface area contributed by atoms with Crippen molar-refractivity contribution in [1.82, 2.24) is 5.43 Å². The molecule has 1 N–H and O–H groups in total. The summed E-state index contributed by atoms with van der Waals surface area (Å²) in [5.41, 5.74) is 3.45. The first-order valence-corrected chi connectivity index (χ1v) is 7.16. The molecule has 0 heterocycles. The Labute approximate surface area is 121 Å². The van der Waals surface area contributed by atoms with Crippen molar-refractivity contribution in [2.24, 2.45) is 11.0 Å². The highest BCUT2D eigenvalue weighted by molar-refractivity contribution is 5.82. The molecule has 0 atom stereocenters. The minimum atomic E-state index is -0.0417. The van der Waals surface area contributed by atoms with Crippen molar-refractivity contribution in [1.29, 1.82) is 0 Å². The van der Waals surface area contributed by atoms with Crippen LogP contribution in [-0.2, 0) is 4.79 Å². The summed E-state index contributed by atoms with van der Waals surface area (Å²) in [4.78, 5) is 11.4. The Morgan fingerprint density at radius 2 is 2.05 bits per heavy atom. The minimum absolute atomic E-state index is 0.0417. The molecule has 4 heteroatoms. The lowest BCUT2D eigenvalue weighted by molar-refractivity contribution is -0.121. The van der Waals surface area contributed by atoms with Crippen molar-refractivity contribution in [3.8, 4) is 5.75 Å². The van der Waals surface area contributed by atoms with Gasteiger partial charge in [-0.2, -0.15) is 5.10 Å². The van der Waals surface area contributed by atoms with Crippen LogP contribution in [0.3, 0.4) is 0 Å². The van der Waals surface area contributed by atoms with Crippen LogP contribution in [0.2, 0.25) is 0 Å². The van der Waals surface area contributed by atoms with Crippen LogP contribution in [0.4, 0.5) is 0 Å². The van der Waals surface area contributed by atoms with Gasteiger partial charge in [0, 0.05) is 6.42 Å². The highest BCUT2D eigenvalue weighted by Crippen LogP contribution is 2.12. The second-order valence-electron chi connectivity index (χ2n) is 5.17. The van der Waals surface area contributed by atoms with Crippen LogP contribution in [0.1, 0.15) is 45.6 Å². The summed E-state index contributed by atoms with van der Waals surface area (Å²) in [6.45, 7) is 6.99. The fourth-order valence-corrected chi connectivity index (χ4v) is 1.49. The molecular weight excluding hydrogens is 252 g/mol. The highest BCUT2D eigenvalue weighted by Gasteiger charge is 1.98. The SMILES string of the molecule is CCCCC(=O)N/N=C/c1ccc(OCC(C)C)cc1. The number of carbonyl (C=O) groups is 1. The number of hydrogen-bond acceptors (Lipinski definition) is 3. The number of ether oxygens (including phenoxy) is 1. The van der Waals surface area contributed by atoms with Gasteiger partial charge >= 0.3 is 0 Å². The van der Waals surface area contributed by atoms with E-state index < -0.39 is 0 Å². The minimum Gasteiger partial charge on any atom is -0.493 e. The maximum atomic E-state index is 11.4. The van der Waals surface area contributed by atoms with E-state index in [2.05, 4.69) is 31.3 Å². The molecule has 1 rings (SSSR count). The molecule has 0 bridgehead atoms. The van der Waals surface area contributed by atoms with Crippen LogP contribution in [0.15, 0.2) is 29.4 Å². The average Bonchev–Trinajstić information content (AvgIpc) is 2.44. The molecule has 0 aliphatic rings. The monoisotopic (exact) mass is 276 g/mol. The summed E-state index contributed by atoms with van der Waals surface area (Å²) < 4.78 is 5.60. The first-order valence-electron chi connectivity index (χ1n) is 7.16. The Balaban J connectivity index is 2.38.